The summed E-state index contributed by atoms with van der Waals surface area (Å²) in [5.41, 5.74) is 1.16. The molecule has 194 valence electrons. The molecular formula is C24H31F2N7O3. The molecule has 1 aliphatic heterocycles. The summed E-state index contributed by atoms with van der Waals surface area (Å²) in [6.45, 7) is 0.485. The van der Waals surface area contributed by atoms with Gasteiger partial charge in [-0.05, 0) is 51.6 Å². The van der Waals surface area contributed by atoms with Gasteiger partial charge >= 0.3 is 5.92 Å². The van der Waals surface area contributed by atoms with Crippen LogP contribution in [0.1, 0.15) is 29.6 Å². The van der Waals surface area contributed by atoms with Gasteiger partial charge in [0.2, 0.25) is 5.95 Å². The molecule has 36 heavy (non-hydrogen) atoms. The van der Waals surface area contributed by atoms with Crippen LogP contribution in [0.15, 0.2) is 24.4 Å². The van der Waals surface area contributed by atoms with Crippen LogP contribution in [0.3, 0.4) is 0 Å². The van der Waals surface area contributed by atoms with Crippen LogP contribution in [0.25, 0.3) is 0 Å². The minimum Gasteiger partial charge on any atom is -0.495 e. The topological polar surface area (TPSA) is 103 Å². The molecule has 0 spiro atoms. The van der Waals surface area contributed by atoms with E-state index in [0.29, 0.717) is 30.1 Å². The maximum absolute atomic E-state index is 14.7. The van der Waals surface area contributed by atoms with Crippen LogP contribution in [0, 0.1) is 0 Å². The first kappa shape index (κ1) is 25.5. The van der Waals surface area contributed by atoms with Crippen LogP contribution in [-0.4, -0.2) is 86.5 Å². The number of ether oxygens (including phenoxy) is 1. The normalized spacial score (nSPS) is 17.4. The lowest BCUT2D eigenvalue weighted by atomic mass is 9.91. The number of carbonyl (C=O) groups excluding carboxylic acids is 2. The number of hydrogen-bond donors (Lipinski definition) is 2. The van der Waals surface area contributed by atoms with E-state index in [1.807, 2.05) is 19.0 Å². The van der Waals surface area contributed by atoms with Gasteiger partial charge in [-0.25, -0.2) is 4.98 Å². The molecule has 10 nitrogen and oxygen atoms in total. The molecule has 1 aromatic carbocycles. The average Bonchev–Trinajstić information content (AvgIpc) is 2.87. The van der Waals surface area contributed by atoms with Crippen molar-refractivity contribution in [1.29, 1.82) is 0 Å². The first-order valence-corrected chi connectivity index (χ1v) is 11.8. The largest absolute Gasteiger partial charge is 0.495 e. The van der Waals surface area contributed by atoms with Crippen molar-refractivity contribution < 1.29 is 23.1 Å². The number of hydrogen-bond acceptors (Lipinski definition) is 8. The summed E-state index contributed by atoms with van der Waals surface area (Å²) in [5.74, 6) is -4.22. The number of anilines is 4. The van der Waals surface area contributed by atoms with Crippen molar-refractivity contribution in [3.05, 3.63) is 30.0 Å². The first-order valence-electron chi connectivity index (χ1n) is 11.8. The van der Waals surface area contributed by atoms with Crippen LogP contribution in [0.4, 0.5) is 31.9 Å². The monoisotopic (exact) mass is 503 g/mol. The van der Waals surface area contributed by atoms with E-state index in [1.54, 1.807) is 18.2 Å². The van der Waals surface area contributed by atoms with E-state index in [0.717, 1.165) is 24.2 Å². The Balaban J connectivity index is 1.60. The third kappa shape index (κ3) is 5.18. The van der Waals surface area contributed by atoms with Crippen LogP contribution in [0.5, 0.6) is 5.75 Å². The van der Waals surface area contributed by atoms with Gasteiger partial charge < -0.3 is 30.1 Å². The number of aromatic nitrogens is 2. The van der Waals surface area contributed by atoms with Crippen LogP contribution in [-0.2, 0) is 4.79 Å². The third-order valence-electron chi connectivity index (χ3n) is 6.44. The molecule has 2 amide bonds. The Hall–Kier alpha value is -3.54. The van der Waals surface area contributed by atoms with Gasteiger partial charge in [0.15, 0.2) is 5.82 Å². The predicted molar refractivity (Wildman–Crippen MR) is 133 cm³/mol. The van der Waals surface area contributed by atoms with Gasteiger partial charge in [0, 0.05) is 31.7 Å². The number of alkyl halides is 2. The van der Waals surface area contributed by atoms with Gasteiger partial charge in [0.25, 0.3) is 11.8 Å². The summed E-state index contributed by atoms with van der Waals surface area (Å²) in [5, 5.41) is 5.91. The minimum absolute atomic E-state index is 0.114. The van der Waals surface area contributed by atoms with Crippen molar-refractivity contribution in [1.82, 2.24) is 20.2 Å². The maximum atomic E-state index is 14.7. The second-order valence-electron chi connectivity index (χ2n) is 9.28. The van der Waals surface area contributed by atoms with Crippen LogP contribution in [0.2, 0.25) is 0 Å². The van der Waals surface area contributed by atoms with E-state index in [1.165, 1.54) is 25.3 Å². The lowest BCUT2D eigenvalue weighted by molar-refractivity contribution is -0.140. The van der Waals surface area contributed by atoms with E-state index < -0.39 is 18.4 Å². The summed E-state index contributed by atoms with van der Waals surface area (Å²) < 4.78 is 34.8. The summed E-state index contributed by atoms with van der Waals surface area (Å²) in [7, 11) is 6.63. The molecule has 4 rings (SSSR count). The van der Waals surface area contributed by atoms with Crippen LogP contribution < -0.4 is 25.2 Å². The number of carbonyl (C=O) groups is 2. The van der Waals surface area contributed by atoms with E-state index in [2.05, 4.69) is 20.6 Å². The number of fused-ring (bicyclic) bond motifs is 1. The van der Waals surface area contributed by atoms with E-state index in [-0.39, 0.29) is 29.4 Å². The molecule has 1 aromatic heterocycles. The number of methoxy groups -OCH3 is 1. The Morgan fingerprint density at radius 3 is 2.69 bits per heavy atom. The van der Waals surface area contributed by atoms with Crippen molar-refractivity contribution in [3.8, 4) is 5.75 Å². The number of rotatable bonds is 8. The Morgan fingerprint density at radius 1 is 1.31 bits per heavy atom. The van der Waals surface area contributed by atoms with Crippen molar-refractivity contribution in [2.45, 2.75) is 31.2 Å². The molecule has 1 saturated carbocycles. The van der Waals surface area contributed by atoms with E-state index >= 15 is 0 Å². The number of likely N-dealkylation sites (N-methyl/N-ethyl adjacent to an activating group) is 1. The predicted octanol–water partition coefficient (Wildman–Crippen LogP) is 2.49. The fraction of sp³-hybridized carbons (Fsp3) is 0.500. The Labute approximate surface area is 208 Å². The summed E-state index contributed by atoms with van der Waals surface area (Å²) in [6, 6.07) is 4.80. The smallest absolute Gasteiger partial charge is 0.342 e. The highest BCUT2D eigenvalue weighted by Gasteiger charge is 2.49. The molecule has 0 atom stereocenters. The molecule has 2 heterocycles. The standard InChI is InChI=1S/C24H31F2N7O3/c1-31(2)11-10-27-21(34)15-8-9-17(19(12-15)36-4)29-23-28-13-18-20(30-23)33(16-6-5-7-16)14-24(25,26)22(35)32(18)3/h8-9,12-13,16H,5-7,10-11,14H2,1-4H3,(H,27,34)(H,28,29,30). The molecule has 0 unspecified atom stereocenters. The highest BCUT2D eigenvalue weighted by Crippen LogP contribution is 2.40. The molecule has 0 bridgehead atoms. The maximum Gasteiger partial charge on any atom is 0.342 e. The summed E-state index contributed by atoms with van der Waals surface area (Å²) >= 11 is 0. The second kappa shape index (κ2) is 10.2. The first-order chi connectivity index (χ1) is 17.1. The Morgan fingerprint density at radius 2 is 2.06 bits per heavy atom. The lowest BCUT2D eigenvalue weighted by Crippen LogP contribution is -2.50. The van der Waals surface area contributed by atoms with Gasteiger partial charge in [0.05, 0.1) is 25.5 Å². The summed E-state index contributed by atoms with van der Waals surface area (Å²) in [6.07, 6.45) is 3.82. The number of amides is 2. The zero-order valence-corrected chi connectivity index (χ0v) is 20.8. The van der Waals surface area contributed by atoms with Gasteiger partial charge in [-0.15, -0.1) is 0 Å². The number of benzene rings is 1. The zero-order valence-electron chi connectivity index (χ0n) is 20.8. The summed E-state index contributed by atoms with van der Waals surface area (Å²) in [4.78, 5) is 38.0. The van der Waals surface area contributed by atoms with Gasteiger partial charge in [-0.3, -0.25) is 9.59 Å². The van der Waals surface area contributed by atoms with Gasteiger partial charge in [-0.1, -0.05) is 0 Å². The zero-order chi connectivity index (χ0) is 26.0. The van der Waals surface area contributed by atoms with Crippen molar-refractivity contribution in [2.24, 2.45) is 0 Å². The molecule has 1 aliphatic carbocycles. The molecule has 1 fully saturated rings. The van der Waals surface area contributed by atoms with Crippen molar-refractivity contribution in [2.75, 3.05) is 63.0 Å². The molecule has 2 aliphatic rings. The van der Waals surface area contributed by atoms with E-state index in [4.69, 9.17) is 4.74 Å². The minimum atomic E-state index is -3.54. The molecule has 0 saturated heterocycles. The molecular weight excluding hydrogens is 472 g/mol. The second-order valence-corrected chi connectivity index (χ2v) is 9.28. The van der Waals surface area contributed by atoms with Crippen molar-refractivity contribution >= 4 is 35.0 Å². The highest BCUT2D eigenvalue weighted by molar-refractivity contribution is 6.02. The van der Waals surface area contributed by atoms with E-state index in [9.17, 15) is 18.4 Å². The molecule has 0 radical (unpaired) electrons. The Bertz CT molecular complexity index is 1140. The van der Waals surface area contributed by atoms with Crippen LogP contribution >= 0.6 is 0 Å². The third-order valence-corrected chi connectivity index (χ3v) is 6.44. The number of nitrogens with zero attached hydrogens (tertiary/aromatic N) is 5. The fourth-order valence-corrected chi connectivity index (χ4v) is 4.14. The van der Waals surface area contributed by atoms with Crippen molar-refractivity contribution in [3.63, 3.8) is 0 Å². The lowest BCUT2D eigenvalue weighted by Gasteiger charge is -2.38. The Kier molecular flexibility index (Phi) is 7.25. The SMILES string of the molecule is COc1cc(C(=O)NCCN(C)C)ccc1Nc1ncc2c(n1)N(C1CCC1)CC(F)(F)C(=O)N2C. The molecule has 12 heteroatoms. The number of halogens is 2. The fourth-order valence-electron chi connectivity index (χ4n) is 4.14. The number of nitrogens with one attached hydrogen (secondary N) is 2. The van der Waals surface area contributed by atoms with Gasteiger partial charge in [0.1, 0.15) is 11.4 Å². The van der Waals surface area contributed by atoms with Gasteiger partial charge in [-0.2, -0.15) is 13.8 Å². The highest BCUT2D eigenvalue weighted by atomic mass is 19.3. The molecule has 2 N–H and O–H groups in total. The molecule has 2 aromatic rings. The quantitative estimate of drug-likeness (QED) is 0.567. The average molecular weight is 504 g/mol.